The van der Waals surface area contributed by atoms with Crippen LogP contribution in [0.5, 0.6) is 0 Å². The number of pyridine rings is 1. The van der Waals surface area contributed by atoms with E-state index in [1.165, 1.54) is 16.7 Å². The normalized spacial score (nSPS) is 11.0. The molecule has 4 rings (SSSR count). The summed E-state index contributed by atoms with van der Waals surface area (Å²) >= 11 is 7.53. The van der Waals surface area contributed by atoms with Gasteiger partial charge in [0.15, 0.2) is 0 Å². The highest BCUT2D eigenvalue weighted by Gasteiger charge is 2.15. The van der Waals surface area contributed by atoms with Crippen molar-refractivity contribution < 1.29 is 0 Å². The van der Waals surface area contributed by atoms with Crippen LogP contribution in [0.4, 0.5) is 11.6 Å². The summed E-state index contributed by atoms with van der Waals surface area (Å²) in [5, 5.41) is 7.04. The van der Waals surface area contributed by atoms with Crippen molar-refractivity contribution in [1.29, 1.82) is 0 Å². The molecule has 0 saturated heterocycles. The quantitative estimate of drug-likeness (QED) is 0.500. The number of hydrogen-bond donors (Lipinski definition) is 1. The van der Waals surface area contributed by atoms with Gasteiger partial charge in [0.1, 0.15) is 22.8 Å². The molecule has 0 aliphatic rings. The number of nitrogens with zero attached hydrogens (tertiary/aromatic N) is 3. The van der Waals surface area contributed by atoms with Crippen molar-refractivity contribution >= 4 is 44.8 Å². The fourth-order valence-electron chi connectivity index (χ4n) is 2.86. The van der Waals surface area contributed by atoms with E-state index in [0.717, 1.165) is 21.6 Å². The molecule has 0 aliphatic carbocycles. The van der Waals surface area contributed by atoms with E-state index in [1.54, 1.807) is 29.9 Å². The lowest BCUT2D eigenvalue weighted by Gasteiger charge is -2.10. The predicted octanol–water partition coefficient (Wildman–Crippen LogP) is 5.77. The molecule has 0 aliphatic heterocycles. The van der Waals surface area contributed by atoms with E-state index >= 15 is 0 Å². The van der Waals surface area contributed by atoms with Crippen LogP contribution in [0.2, 0.25) is 5.02 Å². The van der Waals surface area contributed by atoms with Crippen LogP contribution in [0.25, 0.3) is 21.3 Å². The summed E-state index contributed by atoms with van der Waals surface area (Å²) in [4.78, 5) is 14.1. The zero-order valence-electron chi connectivity index (χ0n) is 13.7. The summed E-state index contributed by atoms with van der Waals surface area (Å²) in [6, 6.07) is 10.1. The third kappa shape index (κ3) is 3.08. The first-order valence-electron chi connectivity index (χ1n) is 7.80. The molecular weight excluding hydrogens is 352 g/mol. The Balaban J connectivity index is 1.85. The van der Waals surface area contributed by atoms with Gasteiger partial charge in [0, 0.05) is 17.1 Å². The molecule has 3 aromatic heterocycles. The van der Waals surface area contributed by atoms with E-state index < -0.39 is 0 Å². The van der Waals surface area contributed by atoms with Gasteiger partial charge >= 0.3 is 0 Å². The standard InChI is InChI=1S/C19H15ClN4S/c1-11-3-5-14(12(2)7-11)15-9-25-19-17(15)18(22-10-23-19)24-16-6-4-13(20)8-21-16/h3-10H,1-2H3,(H,21,22,23,24). The van der Waals surface area contributed by atoms with Crippen molar-refractivity contribution in [3.63, 3.8) is 0 Å². The summed E-state index contributed by atoms with van der Waals surface area (Å²) in [6.45, 7) is 4.23. The molecule has 0 unspecified atom stereocenters. The molecule has 1 N–H and O–H groups in total. The maximum atomic E-state index is 5.91. The van der Waals surface area contributed by atoms with E-state index in [0.29, 0.717) is 10.8 Å². The summed E-state index contributed by atoms with van der Waals surface area (Å²) in [5.74, 6) is 1.44. The lowest BCUT2D eigenvalue weighted by atomic mass is 9.99. The van der Waals surface area contributed by atoms with Crippen molar-refractivity contribution in [3.05, 3.63) is 64.4 Å². The molecule has 4 nitrogen and oxygen atoms in total. The average Bonchev–Trinajstić information content (AvgIpc) is 3.02. The Morgan fingerprint density at radius 3 is 2.64 bits per heavy atom. The van der Waals surface area contributed by atoms with Crippen LogP contribution in [-0.2, 0) is 0 Å². The molecule has 124 valence electrons. The minimum Gasteiger partial charge on any atom is -0.324 e. The van der Waals surface area contributed by atoms with Crippen LogP contribution in [0, 0.1) is 13.8 Å². The van der Waals surface area contributed by atoms with Gasteiger partial charge in [-0.2, -0.15) is 0 Å². The largest absolute Gasteiger partial charge is 0.324 e. The van der Waals surface area contributed by atoms with Gasteiger partial charge in [-0.15, -0.1) is 11.3 Å². The van der Waals surface area contributed by atoms with Crippen LogP contribution >= 0.6 is 22.9 Å². The van der Waals surface area contributed by atoms with Crippen molar-refractivity contribution in [3.8, 4) is 11.1 Å². The Morgan fingerprint density at radius 1 is 1.00 bits per heavy atom. The van der Waals surface area contributed by atoms with E-state index in [4.69, 9.17) is 11.6 Å². The SMILES string of the molecule is Cc1ccc(-c2csc3ncnc(Nc4ccc(Cl)cn4)c23)c(C)c1. The maximum absolute atomic E-state index is 5.91. The Kier molecular flexibility index (Phi) is 4.11. The zero-order chi connectivity index (χ0) is 17.4. The molecule has 0 bridgehead atoms. The molecule has 6 heteroatoms. The number of fused-ring (bicyclic) bond motifs is 1. The Morgan fingerprint density at radius 2 is 1.88 bits per heavy atom. The Bertz CT molecular complexity index is 1060. The van der Waals surface area contributed by atoms with Gasteiger partial charge in [0.25, 0.3) is 0 Å². The maximum Gasteiger partial charge on any atom is 0.144 e. The van der Waals surface area contributed by atoms with Gasteiger partial charge < -0.3 is 5.32 Å². The van der Waals surface area contributed by atoms with Gasteiger partial charge in [-0.05, 0) is 37.1 Å². The minimum atomic E-state index is 0.602. The molecule has 0 saturated carbocycles. The highest BCUT2D eigenvalue weighted by Crippen LogP contribution is 2.38. The van der Waals surface area contributed by atoms with E-state index in [1.807, 2.05) is 6.07 Å². The average molecular weight is 367 g/mol. The van der Waals surface area contributed by atoms with Crippen molar-refractivity contribution in [1.82, 2.24) is 15.0 Å². The van der Waals surface area contributed by atoms with Gasteiger partial charge in [0.05, 0.1) is 10.4 Å². The highest BCUT2D eigenvalue weighted by molar-refractivity contribution is 7.17. The molecule has 25 heavy (non-hydrogen) atoms. The lowest BCUT2D eigenvalue weighted by molar-refractivity contribution is 1.21. The molecule has 3 heterocycles. The van der Waals surface area contributed by atoms with Crippen LogP contribution in [0.15, 0.2) is 48.2 Å². The smallest absolute Gasteiger partial charge is 0.144 e. The molecule has 0 atom stereocenters. The molecule has 0 spiro atoms. The first kappa shape index (κ1) is 16.0. The summed E-state index contributed by atoms with van der Waals surface area (Å²) in [7, 11) is 0. The lowest BCUT2D eigenvalue weighted by Crippen LogP contribution is -1.97. The van der Waals surface area contributed by atoms with Gasteiger partial charge in [-0.25, -0.2) is 15.0 Å². The van der Waals surface area contributed by atoms with Crippen LogP contribution in [-0.4, -0.2) is 15.0 Å². The molecule has 4 aromatic rings. The number of aryl methyl sites for hydroxylation is 2. The molecule has 1 aromatic carbocycles. The van der Waals surface area contributed by atoms with E-state index in [-0.39, 0.29) is 0 Å². The number of hydrogen-bond acceptors (Lipinski definition) is 5. The number of rotatable bonds is 3. The molecular formula is C19H15ClN4S. The fraction of sp³-hybridized carbons (Fsp3) is 0.105. The summed E-state index contributed by atoms with van der Waals surface area (Å²) in [5.41, 5.74) is 4.81. The highest BCUT2D eigenvalue weighted by atomic mass is 35.5. The van der Waals surface area contributed by atoms with Crippen LogP contribution in [0.3, 0.4) is 0 Å². The van der Waals surface area contributed by atoms with E-state index in [9.17, 15) is 0 Å². The van der Waals surface area contributed by atoms with Crippen LogP contribution in [0.1, 0.15) is 11.1 Å². The van der Waals surface area contributed by atoms with Crippen molar-refractivity contribution in [2.75, 3.05) is 5.32 Å². The van der Waals surface area contributed by atoms with Gasteiger partial charge in [0.2, 0.25) is 0 Å². The summed E-state index contributed by atoms with van der Waals surface area (Å²) in [6.07, 6.45) is 3.18. The molecule has 0 amide bonds. The second-order valence-corrected chi connectivity index (χ2v) is 7.15. The first-order chi connectivity index (χ1) is 12.1. The van der Waals surface area contributed by atoms with Crippen molar-refractivity contribution in [2.45, 2.75) is 13.8 Å². The second kappa shape index (κ2) is 6.43. The van der Waals surface area contributed by atoms with E-state index in [2.05, 4.69) is 57.7 Å². The summed E-state index contributed by atoms with van der Waals surface area (Å²) < 4.78 is 0. The molecule has 0 fully saturated rings. The number of thiophene rings is 1. The topological polar surface area (TPSA) is 50.7 Å². The third-order valence-corrected chi connectivity index (χ3v) is 5.13. The number of benzene rings is 1. The predicted molar refractivity (Wildman–Crippen MR) is 105 cm³/mol. The Labute approximate surface area is 154 Å². The zero-order valence-corrected chi connectivity index (χ0v) is 15.3. The van der Waals surface area contributed by atoms with Crippen molar-refractivity contribution in [2.24, 2.45) is 0 Å². The number of nitrogens with one attached hydrogen (secondary N) is 1. The number of halogens is 1. The third-order valence-electron chi connectivity index (χ3n) is 4.02. The first-order valence-corrected chi connectivity index (χ1v) is 9.06. The second-order valence-electron chi connectivity index (χ2n) is 5.86. The van der Waals surface area contributed by atoms with Gasteiger partial charge in [-0.1, -0.05) is 35.4 Å². The number of aromatic nitrogens is 3. The molecule has 0 radical (unpaired) electrons. The minimum absolute atomic E-state index is 0.602. The fourth-order valence-corrected chi connectivity index (χ4v) is 3.87. The number of anilines is 2. The van der Waals surface area contributed by atoms with Gasteiger partial charge in [-0.3, -0.25) is 0 Å². The Hall–Kier alpha value is -2.50. The monoisotopic (exact) mass is 366 g/mol. The van der Waals surface area contributed by atoms with Crippen LogP contribution < -0.4 is 5.32 Å².